The number of rotatable bonds is 6. The molecule has 0 radical (unpaired) electrons. The van der Waals surface area contributed by atoms with Crippen LogP contribution in [-0.4, -0.2) is 40.5 Å². The van der Waals surface area contributed by atoms with E-state index >= 15 is 0 Å². The molecule has 21 heavy (non-hydrogen) atoms. The van der Waals surface area contributed by atoms with E-state index < -0.39 is 12.1 Å². The summed E-state index contributed by atoms with van der Waals surface area (Å²) in [6.45, 7) is 10.4. The van der Waals surface area contributed by atoms with Gasteiger partial charge in [0.15, 0.2) is 6.10 Å². The number of likely N-dealkylation sites (N-methyl/N-ethyl adjacent to an activating group) is 1. The van der Waals surface area contributed by atoms with E-state index in [2.05, 4.69) is 0 Å². The summed E-state index contributed by atoms with van der Waals surface area (Å²) in [5.74, 6) is -0.725. The Morgan fingerprint density at radius 3 is 2.33 bits per heavy atom. The topological polar surface area (TPSA) is 77.6 Å². The van der Waals surface area contributed by atoms with Gasteiger partial charge in [-0.15, -0.1) is 0 Å². The molecule has 0 fully saturated rings. The molecule has 118 valence electrons. The molecule has 0 aliphatic carbocycles. The van der Waals surface area contributed by atoms with E-state index in [0.717, 1.165) is 0 Å². The minimum absolute atomic E-state index is 0.0821. The lowest BCUT2D eigenvalue weighted by molar-refractivity contribution is -0.139. The number of hydrogen-bond donors (Lipinski definition) is 1. The minimum atomic E-state index is -0.811. The predicted octanol–water partition coefficient (Wildman–Crippen LogP) is 2.06. The van der Waals surface area contributed by atoms with Crippen molar-refractivity contribution in [2.45, 2.75) is 46.8 Å². The van der Waals surface area contributed by atoms with Crippen molar-refractivity contribution >= 4 is 17.6 Å². The van der Waals surface area contributed by atoms with Crippen LogP contribution in [0.25, 0.3) is 0 Å². The van der Waals surface area contributed by atoms with Gasteiger partial charge in [-0.25, -0.2) is 4.79 Å². The first-order valence-electron chi connectivity index (χ1n) is 7.28. The van der Waals surface area contributed by atoms with Crippen molar-refractivity contribution in [3.63, 3.8) is 0 Å². The molecule has 1 aromatic heterocycles. The standard InChI is InChI=1S/C15H25N3O3/c1-6-17(7-2)14(19)11(5)21-15(20)13-8-12(16)9-18(13)10(3)4/h8-11H,6-7,16H2,1-5H3. The van der Waals surface area contributed by atoms with E-state index in [4.69, 9.17) is 10.5 Å². The Labute approximate surface area is 125 Å². The number of anilines is 1. The fourth-order valence-corrected chi connectivity index (χ4v) is 2.16. The van der Waals surface area contributed by atoms with Gasteiger partial charge < -0.3 is 19.9 Å². The summed E-state index contributed by atoms with van der Waals surface area (Å²) >= 11 is 0. The summed E-state index contributed by atoms with van der Waals surface area (Å²) in [5.41, 5.74) is 6.59. The minimum Gasteiger partial charge on any atom is -0.448 e. The third-order valence-corrected chi connectivity index (χ3v) is 3.34. The van der Waals surface area contributed by atoms with Crippen LogP contribution < -0.4 is 5.73 Å². The van der Waals surface area contributed by atoms with E-state index in [1.54, 1.807) is 28.7 Å². The van der Waals surface area contributed by atoms with Gasteiger partial charge in [-0.3, -0.25) is 4.79 Å². The van der Waals surface area contributed by atoms with Gasteiger partial charge in [-0.05, 0) is 40.7 Å². The van der Waals surface area contributed by atoms with E-state index in [0.29, 0.717) is 24.5 Å². The Morgan fingerprint density at radius 2 is 1.86 bits per heavy atom. The van der Waals surface area contributed by atoms with Gasteiger partial charge in [0.2, 0.25) is 0 Å². The van der Waals surface area contributed by atoms with Gasteiger partial charge >= 0.3 is 5.97 Å². The maximum Gasteiger partial charge on any atom is 0.355 e. The van der Waals surface area contributed by atoms with Crippen LogP contribution in [0.2, 0.25) is 0 Å². The number of nitrogens with two attached hydrogens (primary N) is 1. The van der Waals surface area contributed by atoms with Crippen molar-refractivity contribution in [2.24, 2.45) is 0 Å². The predicted molar refractivity (Wildman–Crippen MR) is 82.0 cm³/mol. The Balaban J connectivity index is 2.84. The summed E-state index contributed by atoms with van der Waals surface area (Å²) in [4.78, 5) is 26.0. The van der Waals surface area contributed by atoms with Gasteiger partial charge in [-0.2, -0.15) is 0 Å². The molecule has 1 aromatic rings. The molecule has 1 heterocycles. The number of aromatic nitrogens is 1. The van der Waals surface area contributed by atoms with E-state index in [1.807, 2.05) is 27.7 Å². The maximum absolute atomic E-state index is 12.2. The number of amides is 1. The third kappa shape index (κ3) is 4.00. The van der Waals surface area contributed by atoms with Crippen LogP contribution in [0.1, 0.15) is 51.1 Å². The van der Waals surface area contributed by atoms with Crippen LogP contribution in [0.4, 0.5) is 5.69 Å². The molecule has 1 atom stereocenters. The van der Waals surface area contributed by atoms with Gasteiger partial charge in [0.1, 0.15) is 5.69 Å². The second-order valence-electron chi connectivity index (χ2n) is 5.22. The number of carbonyl (C=O) groups is 2. The van der Waals surface area contributed by atoms with E-state index in [9.17, 15) is 9.59 Å². The zero-order chi connectivity index (χ0) is 16.2. The van der Waals surface area contributed by atoms with Crippen molar-refractivity contribution in [1.29, 1.82) is 0 Å². The quantitative estimate of drug-likeness (QED) is 0.815. The molecule has 0 aliphatic heterocycles. The van der Waals surface area contributed by atoms with Crippen LogP contribution in [0.5, 0.6) is 0 Å². The lowest BCUT2D eigenvalue weighted by atomic mass is 10.3. The van der Waals surface area contributed by atoms with Crippen molar-refractivity contribution in [1.82, 2.24) is 9.47 Å². The molecule has 0 saturated heterocycles. The highest BCUT2D eigenvalue weighted by atomic mass is 16.5. The van der Waals surface area contributed by atoms with Crippen LogP contribution in [0.3, 0.4) is 0 Å². The third-order valence-electron chi connectivity index (χ3n) is 3.34. The summed E-state index contributed by atoms with van der Waals surface area (Å²) in [7, 11) is 0. The second kappa shape index (κ2) is 7.15. The van der Waals surface area contributed by atoms with Crippen LogP contribution >= 0.6 is 0 Å². The highest BCUT2D eigenvalue weighted by Gasteiger charge is 2.24. The fraction of sp³-hybridized carbons (Fsp3) is 0.600. The summed E-state index contributed by atoms with van der Waals surface area (Å²) in [6.07, 6.45) is 0.882. The summed E-state index contributed by atoms with van der Waals surface area (Å²) in [5, 5.41) is 0. The first-order valence-corrected chi connectivity index (χ1v) is 7.28. The maximum atomic E-state index is 12.2. The molecular formula is C15H25N3O3. The molecule has 2 N–H and O–H groups in total. The molecule has 0 saturated carbocycles. The number of nitrogen functional groups attached to an aromatic ring is 1. The highest BCUT2D eigenvalue weighted by Crippen LogP contribution is 2.18. The van der Waals surface area contributed by atoms with Crippen LogP contribution in [-0.2, 0) is 9.53 Å². The van der Waals surface area contributed by atoms with Crippen LogP contribution in [0.15, 0.2) is 12.3 Å². The number of nitrogens with zero attached hydrogens (tertiary/aromatic N) is 2. The first kappa shape index (κ1) is 17.1. The Hall–Kier alpha value is -1.98. The molecular weight excluding hydrogens is 270 g/mol. The molecule has 1 rings (SSSR count). The number of esters is 1. The number of hydrogen-bond acceptors (Lipinski definition) is 4. The number of ether oxygens (including phenoxy) is 1. The smallest absolute Gasteiger partial charge is 0.355 e. The Bertz CT molecular complexity index is 504. The van der Waals surface area contributed by atoms with E-state index in [1.165, 1.54) is 0 Å². The monoisotopic (exact) mass is 295 g/mol. The number of carbonyl (C=O) groups excluding carboxylic acids is 2. The molecule has 6 heteroatoms. The summed E-state index contributed by atoms with van der Waals surface area (Å²) in [6, 6.07) is 1.65. The normalized spacial score (nSPS) is 12.3. The second-order valence-corrected chi connectivity index (χ2v) is 5.22. The fourth-order valence-electron chi connectivity index (χ4n) is 2.16. The zero-order valence-corrected chi connectivity index (χ0v) is 13.4. The average molecular weight is 295 g/mol. The van der Waals surface area contributed by atoms with Crippen molar-refractivity contribution in [3.05, 3.63) is 18.0 Å². The first-order chi connectivity index (χ1) is 9.81. The van der Waals surface area contributed by atoms with Crippen molar-refractivity contribution in [3.8, 4) is 0 Å². The molecule has 0 aromatic carbocycles. The SMILES string of the molecule is CCN(CC)C(=O)C(C)OC(=O)c1cc(N)cn1C(C)C. The van der Waals surface area contributed by atoms with Gasteiger partial charge in [0.25, 0.3) is 5.91 Å². The Kier molecular flexibility index (Phi) is 5.81. The largest absolute Gasteiger partial charge is 0.448 e. The zero-order valence-electron chi connectivity index (χ0n) is 13.4. The van der Waals surface area contributed by atoms with Gasteiger partial charge in [0.05, 0.1) is 5.69 Å². The molecule has 0 aliphatic rings. The van der Waals surface area contributed by atoms with Crippen molar-refractivity contribution < 1.29 is 14.3 Å². The molecule has 0 bridgehead atoms. The Morgan fingerprint density at radius 1 is 1.29 bits per heavy atom. The molecule has 1 amide bonds. The highest BCUT2D eigenvalue weighted by molar-refractivity contribution is 5.92. The van der Waals surface area contributed by atoms with Gasteiger partial charge in [0, 0.05) is 25.3 Å². The molecule has 1 unspecified atom stereocenters. The van der Waals surface area contributed by atoms with Gasteiger partial charge in [-0.1, -0.05) is 0 Å². The van der Waals surface area contributed by atoms with Crippen molar-refractivity contribution in [2.75, 3.05) is 18.8 Å². The summed E-state index contributed by atoms with van der Waals surface area (Å²) < 4.78 is 7.02. The van der Waals surface area contributed by atoms with Crippen LogP contribution in [0, 0.1) is 0 Å². The van der Waals surface area contributed by atoms with E-state index in [-0.39, 0.29) is 11.9 Å². The lowest BCUT2D eigenvalue weighted by Gasteiger charge is -2.23. The molecule has 6 nitrogen and oxygen atoms in total. The molecule has 0 spiro atoms. The average Bonchev–Trinajstić information content (AvgIpc) is 2.82. The lowest BCUT2D eigenvalue weighted by Crippen LogP contribution is -2.39.